The number of nitrogens with zero attached hydrogens (tertiary/aromatic N) is 1. The fraction of sp³-hybridized carbons (Fsp3) is 0.500. The summed E-state index contributed by atoms with van der Waals surface area (Å²) in [6.07, 6.45) is 4.98. The van der Waals surface area contributed by atoms with Crippen LogP contribution in [0.5, 0.6) is 0 Å². The van der Waals surface area contributed by atoms with Crippen molar-refractivity contribution in [2.24, 2.45) is 5.41 Å². The molecule has 0 aliphatic heterocycles. The number of pyridine rings is 1. The molecule has 92 valence electrons. The first kappa shape index (κ1) is 12.2. The summed E-state index contributed by atoms with van der Waals surface area (Å²) in [6.45, 7) is 2.86. The Kier molecular flexibility index (Phi) is 3.24. The molecule has 1 aromatic rings. The van der Waals surface area contributed by atoms with Crippen LogP contribution in [0.15, 0.2) is 12.3 Å². The monoisotopic (exact) mass is 253 g/mol. The summed E-state index contributed by atoms with van der Waals surface area (Å²) in [5, 5.41) is 3.23. The number of halogens is 1. The van der Waals surface area contributed by atoms with E-state index in [1.807, 2.05) is 0 Å². The fourth-order valence-electron chi connectivity index (χ4n) is 1.97. The highest BCUT2D eigenvalue weighted by atomic mass is 35.5. The molecule has 1 aromatic heterocycles. The second-order valence-corrected chi connectivity index (χ2v) is 5.34. The van der Waals surface area contributed by atoms with Gasteiger partial charge in [0.15, 0.2) is 0 Å². The molecule has 1 saturated carbocycles. The highest BCUT2D eigenvalue weighted by molar-refractivity contribution is 6.33. The Labute approximate surface area is 106 Å². The van der Waals surface area contributed by atoms with Gasteiger partial charge in [-0.25, -0.2) is 4.98 Å². The van der Waals surface area contributed by atoms with Crippen molar-refractivity contribution in [3.8, 4) is 0 Å². The van der Waals surface area contributed by atoms with E-state index >= 15 is 0 Å². The molecule has 3 N–H and O–H groups in total. The van der Waals surface area contributed by atoms with Crippen LogP contribution in [0.25, 0.3) is 0 Å². The van der Waals surface area contributed by atoms with Gasteiger partial charge in [-0.05, 0) is 24.3 Å². The lowest BCUT2D eigenvalue weighted by atomic mass is 9.70. The zero-order valence-corrected chi connectivity index (χ0v) is 10.5. The van der Waals surface area contributed by atoms with Crippen LogP contribution in [0.2, 0.25) is 5.02 Å². The van der Waals surface area contributed by atoms with Crippen LogP contribution in [0.1, 0.15) is 36.5 Å². The van der Waals surface area contributed by atoms with Gasteiger partial charge in [0.05, 0.1) is 10.6 Å². The van der Waals surface area contributed by atoms with Crippen molar-refractivity contribution in [1.82, 2.24) is 10.3 Å². The molecule has 4 nitrogen and oxygen atoms in total. The summed E-state index contributed by atoms with van der Waals surface area (Å²) >= 11 is 5.91. The Bertz CT molecular complexity index is 443. The number of nitrogens with two attached hydrogens (primary N) is 1. The van der Waals surface area contributed by atoms with Crippen LogP contribution in [-0.4, -0.2) is 17.4 Å². The van der Waals surface area contributed by atoms with Crippen LogP contribution in [-0.2, 0) is 0 Å². The Morgan fingerprint density at radius 2 is 2.35 bits per heavy atom. The molecular weight excluding hydrogens is 238 g/mol. The predicted molar refractivity (Wildman–Crippen MR) is 68.0 cm³/mol. The number of nitrogens with one attached hydrogen (secondary N) is 1. The van der Waals surface area contributed by atoms with Gasteiger partial charge < -0.3 is 11.1 Å². The molecular formula is C12H16ClN3O. The van der Waals surface area contributed by atoms with Gasteiger partial charge >= 0.3 is 0 Å². The van der Waals surface area contributed by atoms with Crippen molar-refractivity contribution in [2.45, 2.75) is 26.2 Å². The summed E-state index contributed by atoms with van der Waals surface area (Å²) < 4.78 is 0. The number of rotatable bonds is 3. The maximum Gasteiger partial charge on any atom is 0.253 e. The van der Waals surface area contributed by atoms with Gasteiger partial charge in [0.2, 0.25) is 0 Å². The van der Waals surface area contributed by atoms with Gasteiger partial charge in [-0.2, -0.15) is 0 Å². The van der Waals surface area contributed by atoms with Gasteiger partial charge in [-0.15, -0.1) is 0 Å². The highest BCUT2D eigenvalue weighted by Crippen LogP contribution is 2.39. The van der Waals surface area contributed by atoms with Gasteiger partial charge in [0.1, 0.15) is 5.82 Å². The van der Waals surface area contributed by atoms with Gasteiger partial charge in [-0.3, -0.25) is 4.79 Å². The summed E-state index contributed by atoms with van der Waals surface area (Å²) in [5.74, 6) is 0.117. The van der Waals surface area contributed by atoms with Crippen molar-refractivity contribution >= 4 is 23.3 Å². The smallest absolute Gasteiger partial charge is 0.253 e. The molecule has 17 heavy (non-hydrogen) atoms. The fourth-order valence-corrected chi connectivity index (χ4v) is 2.16. The maximum atomic E-state index is 11.9. The molecule has 0 spiro atoms. The predicted octanol–water partition coefficient (Wildman–Crippen LogP) is 2.24. The molecule has 1 amide bonds. The third-order valence-electron chi connectivity index (χ3n) is 3.36. The van der Waals surface area contributed by atoms with E-state index < -0.39 is 0 Å². The largest absolute Gasteiger partial charge is 0.384 e. The molecule has 0 saturated heterocycles. The Morgan fingerprint density at radius 3 is 2.94 bits per heavy atom. The molecule has 2 rings (SSSR count). The average Bonchev–Trinajstić information content (AvgIpc) is 2.26. The van der Waals surface area contributed by atoms with Gasteiger partial charge in [0.25, 0.3) is 5.91 Å². The van der Waals surface area contributed by atoms with Crippen molar-refractivity contribution < 1.29 is 4.79 Å². The lowest BCUT2D eigenvalue weighted by Gasteiger charge is -2.38. The van der Waals surface area contributed by atoms with E-state index in [1.54, 1.807) is 0 Å². The Morgan fingerprint density at radius 1 is 1.65 bits per heavy atom. The van der Waals surface area contributed by atoms with Crippen LogP contribution >= 0.6 is 11.6 Å². The molecule has 1 fully saturated rings. The van der Waals surface area contributed by atoms with E-state index in [0.717, 1.165) is 0 Å². The Hall–Kier alpha value is -1.29. The quantitative estimate of drug-likeness (QED) is 0.868. The number of anilines is 1. The second kappa shape index (κ2) is 4.53. The lowest BCUT2D eigenvalue weighted by Crippen LogP contribution is -2.40. The molecule has 0 unspecified atom stereocenters. The first-order valence-electron chi connectivity index (χ1n) is 5.69. The number of nitrogen functional groups attached to an aromatic ring is 1. The Balaban J connectivity index is 2.01. The van der Waals surface area contributed by atoms with Crippen LogP contribution in [0.4, 0.5) is 5.82 Å². The van der Waals surface area contributed by atoms with E-state index in [0.29, 0.717) is 22.9 Å². The molecule has 0 atom stereocenters. The lowest BCUT2D eigenvalue weighted by molar-refractivity contribution is 0.0891. The molecule has 0 aromatic carbocycles. The third kappa shape index (κ3) is 2.69. The van der Waals surface area contributed by atoms with E-state index in [-0.39, 0.29) is 11.3 Å². The summed E-state index contributed by atoms with van der Waals surface area (Å²) in [6, 6.07) is 1.50. The number of carbonyl (C=O) groups excluding carboxylic acids is 1. The van der Waals surface area contributed by atoms with E-state index in [9.17, 15) is 4.79 Å². The van der Waals surface area contributed by atoms with E-state index in [2.05, 4.69) is 17.2 Å². The van der Waals surface area contributed by atoms with Gasteiger partial charge in [0, 0.05) is 12.7 Å². The standard InChI is InChI=1S/C12H16ClN3O/c1-12(3-2-4-12)7-16-11(17)8-5-10(14)15-6-9(8)13/h5-6H,2-4,7H2,1H3,(H2,14,15)(H,16,17). The molecule has 0 radical (unpaired) electrons. The number of carbonyl (C=O) groups is 1. The normalized spacial score (nSPS) is 17.3. The van der Waals surface area contributed by atoms with Crippen LogP contribution < -0.4 is 11.1 Å². The number of hydrogen-bond donors (Lipinski definition) is 2. The van der Waals surface area contributed by atoms with Crippen molar-refractivity contribution in [3.63, 3.8) is 0 Å². The van der Waals surface area contributed by atoms with Crippen LogP contribution in [0, 0.1) is 5.41 Å². The van der Waals surface area contributed by atoms with Crippen molar-refractivity contribution in [1.29, 1.82) is 0 Å². The first-order valence-corrected chi connectivity index (χ1v) is 6.07. The van der Waals surface area contributed by atoms with Gasteiger partial charge in [-0.1, -0.05) is 24.9 Å². The SMILES string of the molecule is CC1(CNC(=O)c2cc(N)ncc2Cl)CCC1. The van der Waals surface area contributed by atoms with Crippen LogP contribution in [0.3, 0.4) is 0 Å². The van der Waals surface area contributed by atoms with E-state index in [1.165, 1.54) is 31.5 Å². The molecule has 1 heterocycles. The minimum Gasteiger partial charge on any atom is -0.384 e. The summed E-state index contributed by atoms with van der Waals surface area (Å²) in [7, 11) is 0. The van der Waals surface area contributed by atoms with E-state index in [4.69, 9.17) is 17.3 Å². The number of amides is 1. The maximum absolute atomic E-state index is 11.9. The summed E-state index contributed by atoms with van der Waals surface area (Å²) in [5.41, 5.74) is 6.18. The topological polar surface area (TPSA) is 68.0 Å². The molecule has 5 heteroatoms. The highest BCUT2D eigenvalue weighted by Gasteiger charge is 2.32. The third-order valence-corrected chi connectivity index (χ3v) is 3.66. The molecule has 1 aliphatic rings. The average molecular weight is 254 g/mol. The van der Waals surface area contributed by atoms with Crippen molar-refractivity contribution in [2.75, 3.05) is 12.3 Å². The zero-order chi connectivity index (χ0) is 12.5. The number of aromatic nitrogens is 1. The minimum atomic E-state index is -0.183. The summed E-state index contributed by atoms with van der Waals surface area (Å²) in [4.78, 5) is 15.7. The number of hydrogen-bond acceptors (Lipinski definition) is 3. The first-order chi connectivity index (χ1) is 8.00. The molecule has 0 bridgehead atoms. The zero-order valence-electron chi connectivity index (χ0n) is 9.79. The molecule has 1 aliphatic carbocycles. The second-order valence-electron chi connectivity index (χ2n) is 4.94. The van der Waals surface area contributed by atoms with Crippen molar-refractivity contribution in [3.05, 3.63) is 22.8 Å². The minimum absolute atomic E-state index is 0.183.